The lowest BCUT2D eigenvalue weighted by Gasteiger charge is -2.24. The molecule has 0 aliphatic rings. The summed E-state index contributed by atoms with van der Waals surface area (Å²) in [6, 6.07) is 8.30. The van der Waals surface area contributed by atoms with Crippen LogP contribution in [0.4, 0.5) is 5.82 Å². The second-order valence-electron chi connectivity index (χ2n) is 5.54. The minimum atomic E-state index is -3.56. The summed E-state index contributed by atoms with van der Waals surface area (Å²) in [5, 5.41) is 0.742. The maximum absolute atomic E-state index is 12.4. The first-order valence-corrected chi connectivity index (χ1v) is 8.17. The van der Waals surface area contributed by atoms with Crippen LogP contribution in [0.2, 0.25) is 0 Å². The number of hydrogen-bond donors (Lipinski definition) is 3. The Morgan fingerprint density at radius 3 is 2.57 bits per heavy atom. The number of hydrogen-bond acceptors (Lipinski definition) is 5. The largest absolute Gasteiger partial charge is 0.308 e. The number of sulfonamides is 1. The van der Waals surface area contributed by atoms with Gasteiger partial charge in [-0.2, -0.15) is 0 Å². The second-order valence-corrected chi connectivity index (χ2v) is 7.22. The number of rotatable bonds is 5. The van der Waals surface area contributed by atoms with Crippen LogP contribution >= 0.6 is 0 Å². The van der Waals surface area contributed by atoms with Gasteiger partial charge < -0.3 is 5.43 Å². The number of nitrogens with zero attached hydrogens (tertiary/aromatic N) is 1. The molecule has 0 spiro atoms. The molecule has 0 atom stereocenters. The Hall–Kier alpha value is -1.70. The first kappa shape index (κ1) is 15.7. The lowest BCUT2D eigenvalue weighted by molar-refractivity contribution is 0.439. The number of anilines is 1. The highest BCUT2D eigenvalue weighted by molar-refractivity contribution is 7.89. The minimum Gasteiger partial charge on any atom is -0.308 e. The van der Waals surface area contributed by atoms with Crippen LogP contribution in [0, 0.1) is 0 Å². The maximum atomic E-state index is 12.4. The summed E-state index contributed by atoms with van der Waals surface area (Å²) < 4.78 is 27.5. The summed E-state index contributed by atoms with van der Waals surface area (Å²) in [6.07, 6.45) is 0.701. The fourth-order valence-corrected chi connectivity index (χ4v) is 3.37. The highest BCUT2D eigenvalue weighted by Crippen LogP contribution is 2.21. The summed E-state index contributed by atoms with van der Waals surface area (Å²) in [7, 11) is -3.56. The van der Waals surface area contributed by atoms with Gasteiger partial charge in [0.1, 0.15) is 5.82 Å². The highest BCUT2D eigenvalue weighted by Gasteiger charge is 2.24. The smallest absolute Gasteiger partial charge is 0.241 e. The number of nitrogens with one attached hydrogen (secondary N) is 2. The van der Waals surface area contributed by atoms with Crippen LogP contribution < -0.4 is 16.0 Å². The molecule has 0 bridgehead atoms. The van der Waals surface area contributed by atoms with E-state index < -0.39 is 15.6 Å². The summed E-state index contributed by atoms with van der Waals surface area (Å²) in [5.74, 6) is 5.84. The van der Waals surface area contributed by atoms with E-state index in [1.165, 1.54) is 0 Å². The number of benzene rings is 1. The molecule has 114 valence electrons. The zero-order chi connectivity index (χ0) is 15.7. The molecule has 0 saturated heterocycles. The number of fused-ring (bicyclic) bond motifs is 1. The van der Waals surface area contributed by atoms with Gasteiger partial charge in [0.15, 0.2) is 0 Å². The van der Waals surface area contributed by atoms with E-state index in [4.69, 9.17) is 5.84 Å². The average Bonchev–Trinajstić information content (AvgIpc) is 2.45. The summed E-state index contributed by atoms with van der Waals surface area (Å²) >= 11 is 0. The Labute approximate surface area is 124 Å². The van der Waals surface area contributed by atoms with Gasteiger partial charge in [-0.25, -0.2) is 24.0 Å². The molecule has 6 nitrogen and oxygen atoms in total. The van der Waals surface area contributed by atoms with E-state index in [2.05, 4.69) is 15.1 Å². The molecule has 0 saturated carbocycles. The standard InChI is InChI=1S/C14H20N4O2S/c1-4-14(2,3)18-21(19,20)11-6-7-12-10(9-11)5-8-13(16-12)17-15/h5-9,18H,4,15H2,1-3H3,(H,16,17). The molecule has 0 amide bonds. The first-order valence-electron chi connectivity index (χ1n) is 6.69. The zero-order valence-electron chi connectivity index (χ0n) is 12.3. The molecule has 21 heavy (non-hydrogen) atoms. The van der Waals surface area contributed by atoms with Crippen molar-refractivity contribution in [2.75, 3.05) is 5.43 Å². The SMILES string of the molecule is CCC(C)(C)NS(=O)(=O)c1ccc2nc(NN)ccc2c1. The van der Waals surface area contributed by atoms with Crippen molar-refractivity contribution in [1.82, 2.24) is 9.71 Å². The Morgan fingerprint density at radius 1 is 1.24 bits per heavy atom. The molecule has 0 aliphatic carbocycles. The molecule has 0 fully saturated rings. The van der Waals surface area contributed by atoms with Crippen LogP contribution in [0.5, 0.6) is 0 Å². The third-order valence-corrected chi connectivity index (χ3v) is 5.11. The number of aromatic nitrogens is 1. The molecule has 1 aromatic heterocycles. The van der Waals surface area contributed by atoms with Crippen LogP contribution in [0.15, 0.2) is 35.2 Å². The second kappa shape index (κ2) is 5.59. The fraction of sp³-hybridized carbons (Fsp3) is 0.357. The van der Waals surface area contributed by atoms with Gasteiger partial charge in [-0.1, -0.05) is 6.92 Å². The van der Waals surface area contributed by atoms with Crippen molar-refractivity contribution in [3.8, 4) is 0 Å². The van der Waals surface area contributed by atoms with Gasteiger partial charge in [0.25, 0.3) is 0 Å². The number of hydrazine groups is 1. The van der Waals surface area contributed by atoms with E-state index in [0.717, 1.165) is 5.39 Å². The summed E-state index contributed by atoms with van der Waals surface area (Å²) in [4.78, 5) is 4.48. The molecule has 2 rings (SSSR count). The molecule has 2 aromatic rings. The minimum absolute atomic E-state index is 0.229. The Kier molecular flexibility index (Phi) is 4.18. The highest BCUT2D eigenvalue weighted by atomic mass is 32.2. The predicted octanol–water partition coefficient (Wildman–Crippen LogP) is 1.99. The number of pyridine rings is 1. The van der Waals surface area contributed by atoms with Gasteiger partial charge >= 0.3 is 0 Å². The van der Waals surface area contributed by atoms with Crippen molar-refractivity contribution < 1.29 is 8.42 Å². The molecule has 1 aromatic carbocycles. The summed E-state index contributed by atoms with van der Waals surface area (Å²) in [6.45, 7) is 5.65. The number of nitrogens with two attached hydrogens (primary N) is 1. The zero-order valence-corrected chi connectivity index (χ0v) is 13.2. The molecule has 0 radical (unpaired) electrons. The molecule has 0 unspecified atom stereocenters. The molecule has 1 heterocycles. The lowest BCUT2D eigenvalue weighted by Crippen LogP contribution is -2.42. The van der Waals surface area contributed by atoms with Crippen LogP contribution in [-0.4, -0.2) is 18.9 Å². The van der Waals surface area contributed by atoms with Gasteiger partial charge in [0.2, 0.25) is 10.0 Å². The van der Waals surface area contributed by atoms with Gasteiger partial charge in [-0.05, 0) is 50.6 Å². The van der Waals surface area contributed by atoms with E-state index in [-0.39, 0.29) is 4.90 Å². The van der Waals surface area contributed by atoms with Gasteiger partial charge in [0.05, 0.1) is 10.4 Å². The van der Waals surface area contributed by atoms with Crippen molar-refractivity contribution in [3.63, 3.8) is 0 Å². The third-order valence-electron chi connectivity index (χ3n) is 3.41. The van der Waals surface area contributed by atoms with Crippen LogP contribution in [0.3, 0.4) is 0 Å². The average molecular weight is 308 g/mol. The van der Waals surface area contributed by atoms with Crippen molar-refractivity contribution in [1.29, 1.82) is 0 Å². The van der Waals surface area contributed by atoms with E-state index in [0.29, 0.717) is 17.8 Å². The quantitative estimate of drug-likeness (QED) is 0.580. The van der Waals surface area contributed by atoms with E-state index in [1.54, 1.807) is 30.3 Å². The van der Waals surface area contributed by atoms with E-state index >= 15 is 0 Å². The van der Waals surface area contributed by atoms with Crippen molar-refractivity contribution >= 4 is 26.7 Å². The molecular weight excluding hydrogens is 288 g/mol. The monoisotopic (exact) mass is 308 g/mol. The lowest BCUT2D eigenvalue weighted by atomic mass is 10.0. The van der Waals surface area contributed by atoms with Crippen molar-refractivity contribution in [2.45, 2.75) is 37.6 Å². The summed E-state index contributed by atoms with van der Waals surface area (Å²) in [5.41, 5.74) is 2.65. The van der Waals surface area contributed by atoms with E-state index in [9.17, 15) is 8.42 Å². The predicted molar refractivity (Wildman–Crippen MR) is 84.2 cm³/mol. The molecule has 7 heteroatoms. The first-order chi connectivity index (χ1) is 9.77. The van der Waals surface area contributed by atoms with Crippen LogP contribution in [0.1, 0.15) is 27.2 Å². The normalized spacial score (nSPS) is 12.6. The van der Waals surface area contributed by atoms with Crippen molar-refractivity contribution in [3.05, 3.63) is 30.3 Å². The Morgan fingerprint density at radius 2 is 1.95 bits per heavy atom. The fourth-order valence-electron chi connectivity index (χ4n) is 1.85. The molecule has 0 aliphatic heterocycles. The van der Waals surface area contributed by atoms with Crippen LogP contribution in [0.25, 0.3) is 10.9 Å². The Balaban J connectivity index is 2.43. The van der Waals surface area contributed by atoms with Crippen LogP contribution in [-0.2, 0) is 10.0 Å². The topological polar surface area (TPSA) is 97.1 Å². The van der Waals surface area contributed by atoms with Gasteiger partial charge in [0, 0.05) is 10.9 Å². The third kappa shape index (κ3) is 3.49. The molecular formula is C14H20N4O2S. The van der Waals surface area contributed by atoms with E-state index in [1.807, 2.05) is 20.8 Å². The maximum Gasteiger partial charge on any atom is 0.241 e. The number of nitrogen functional groups attached to an aromatic ring is 1. The Bertz CT molecular complexity index is 757. The molecule has 4 N–H and O–H groups in total. The van der Waals surface area contributed by atoms with Crippen molar-refractivity contribution in [2.24, 2.45) is 5.84 Å². The van der Waals surface area contributed by atoms with Gasteiger partial charge in [-0.3, -0.25) is 0 Å². The van der Waals surface area contributed by atoms with Gasteiger partial charge in [-0.15, -0.1) is 0 Å².